The minimum absolute atomic E-state index is 0.0552. The van der Waals surface area contributed by atoms with Crippen molar-refractivity contribution in [2.24, 2.45) is 7.05 Å². The van der Waals surface area contributed by atoms with Crippen LogP contribution in [0.4, 0.5) is 0 Å². The van der Waals surface area contributed by atoms with Gasteiger partial charge in [0.05, 0.1) is 6.54 Å². The van der Waals surface area contributed by atoms with E-state index in [2.05, 4.69) is 4.98 Å². The maximum atomic E-state index is 12.7. The standard InChI is InChI=1S/C16H14N4O5/c1-10(21)25-20-9-17-14-13(20)15(23)19(16(24)18(14)2)8-12(22)11-6-4-3-5-7-11/h3-7,9H,8H2,1-2H3. The van der Waals surface area contributed by atoms with Gasteiger partial charge in [0.15, 0.2) is 16.9 Å². The minimum Gasteiger partial charge on any atom is -0.335 e. The number of aromatic nitrogens is 4. The Morgan fingerprint density at radius 2 is 1.84 bits per heavy atom. The smallest absolute Gasteiger partial charge is 0.332 e. The van der Waals surface area contributed by atoms with E-state index >= 15 is 0 Å². The number of fused-ring (bicyclic) bond motifs is 1. The predicted molar refractivity (Wildman–Crippen MR) is 87.3 cm³/mol. The Hall–Kier alpha value is -3.49. The van der Waals surface area contributed by atoms with Crippen molar-refractivity contribution in [1.82, 2.24) is 18.8 Å². The van der Waals surface area contributed by atoms with Crippen molar-refractivity contribution in [2.45, 2.75) is 13.5 Å². The Balaban J connectivity index is 2.15. The maximum absolute atomic E-state index is 12.7. The number of carbonyl (C=O) groups is 2. The minimum atomic E-state index is -0.763. The molecule has 2 aromatic heterocycles. The third-order valence-corrected chi connectivity index (χ3v) is 3.62. The fourth-order valence-electron chi connectivity index (χ4n) is 2.45. The van der Waals surface area contributed by atoms with E-state index in [0.717, 1.165) is 20.2 Å². The van der Waals surface area contributed by atoms with Crippen LogP contribution in [0.2, 0.25) is 0 Å². The number of hydrogen-bond acceptors (Lipinski definition) is 6. The highest BCUT2D eigenvalue weighted by atomic mass is 16.7. The van der Waals surface area contributed by atoms with Gasteiger partial charge in [0.1, 0.15) is 6.33 Å². The first-order chi connectivity index (χ1) is 11.9. The van der Waals surface area contributed by atoms with Crippen molar-refractivity contribution in [2.75, 3.05) is 0 Å². The highest BCUT2D eigenvalue weighted by Crippen LogP contribution is 2.05. The van der Waals surface area contributed by atoms with Gasteiger partial charge in [-0.3, -0.25) is 18.7 Å². The molecule has 0 atom stereocenters. The van der Waals surface area contributed by atoms with Crippen LogP contribution in [0.3, 0.4) is 0 Å². The number of rotatable bonds is 4. The molecule has 0 aliphatic rings. The second kappa shape index (κ2) is 6.19. The van der Waals surface area contributed by atoms with Crippen LogP contribution < -0.4 is 16.1 Å². The Morgan fingerprint density at radius 1 is 1.16 bits per heavy atom. The highest BCUT2D eigenvalue weighted by molar-refractivity contribution is 5.95. The average Bonchev–Trinajstić information content (AvgIpc) is 3.00. The summed E-state index contributed by atoms with van der Waals surface area (Å²) in [6, 6.07) is 8.32. The quantitative estimate of drug-likeness (QED) is 0.606. The summed E-state index contributed by atoms with van der Waals surface area (Å²) >= 11 is 0. The van der Waals surface area contributed by atoms with Crippen molar-refractivity contribution in [3.05, 3.63) is 63.1 Å². The van der Waals surface area contributed by atoms with Gasteiger partial charge in [-0.25, -0.2) is 14.6 Å². The molecule has 3 rings (SSSR count). The zero-order valence-electron chi connectivity index (χ0n) is 13.5. The van der Waals surface area contributed by atoms with Crippen molar-refractivity contribution in [3.8, 4) is 0 Å². The first-order valence-corrected chi connectivity index (χ1v) is 7.34. The van der Waals surface area contributed by atoms with Crippen LogP contribution in [0.25, 0.3) is 11.2 Å². The molecular formula is C16H14N4O5. The van der Waals surface area contributed by atoms with Gasteiger partial charge in [0.2, 0.25) is 0 Å². The topological polar surface area (TPSA) is 105 Å². The molecule has 0 amide bonds. The van der Waals surface area contributed by atoms with Gasteiger partial charge in [-0.2, -0.15) is 4.73 Å². The van der Waals surface area contributed by atoms with Crippen molar-refractivity contribution in [3.63, 3.8) is 0 Å². The maximum Gasteiger partial charge on any atom is 0.332 e. The molecule has 0 aliphatic carbocycles. The lowest BCUT2D eigenvalue weighted by atomic mass is 10.1. The van der Waals surface area contributed by atoms with E-state index in [-0.39, 0.29) is 11.2 Å². The molecular weight excluding hydrogens is 328 g/mol. The number of Topliss-reactive ketones (excluding diaryl/α,β-unsaturated/α-hetero) is 1. The van der Waals surface area contributed by atoms with E-state index in [4.69, 9.17) is 4.84 Å². The second-order valence-electron chi connectivity index (χ2n) is 5.35. The van der Waals surface area contributed by atoms with E-state index < -0.39 is 29.5 Å². The van der Waals surface area contributed by atoms with E-state index in [1.165, 1.54) is 14.0 Å². The van der Waals surface area contributed by atoms with Gasteiger partial charge in [0, 0.05) is 19.5 Å². The van der Waals surface area contributed by atoms with Gasteiger partial charge in [-0.15, -0.1) is 0 Å². The molecule has 9 heteroatoms. The van der Waals surface area contributed by atoms with Crippen LogP contribution in [0.1, 0.15) is 17.3 Å². The van der Waals surface area contributed by atoms with E-state index in [9.17, 15) is 19.2 Å². The van der Waals surface area contributed by atoms with E-state index in [1.807, 2.05) is 0 Å². The van der Waals surface area contributed by atoms with Gasteiger partial charge in [-0.1, -0.05) is 30.3 Å². The number of carbonyl (C=O) groups excluding carboxylic acids is 2. The number of aryl methyl sites for hydroxylation is 1. The van der Waals surface area contributed by atoms with Crippen LogP contribution >= 0.6 is 0 Å². The summed E-state index contributed by atoms with van der Waals surface area (Å²) in [4.78, 5) is 57.4. The summed E-state index contributed by atoms with van der Waals surface area (Å²) in [5, 5.41) is 0. The van der Waals surface area contributed by atoms with Crippen LogP contribution in [-0.4, -0.2) is 30.6 Å². The zero-order valence-corrected chi connectivity index (χ0v) is 13.5. The number of hydrogen-bond donors (Lipinski definition) is 0. The lowest BCUT2D eigenvalue weighted by Gasteiger charge is -2.09. The molecule has 1 aromatic carbocycles. The Kier molecular flexibility index (Phi) is 4.05. The molecule has 2 heterocycles. The Bertz CT molecular complexity index is 1090. The van der Waals surface area contributed by atoms with E-state index in [0.29, 0.717) is 5.56 Å². The Labute approximate surface area is 140 Å². The third kappa shape index (κ3) is 2.87. The first kappa shape index (κ1) is 16.4. The van der Waals surface area contributed by atoms with Crippen LogP contribution in [0.5, 0.6) is 0 Å². The van der Waals surface area contributed by atoms with Crippen LogP contribution in [-0.2, 0) is 18.4 Å². The molecule has 128 valence electrons. The number of benzene rings is 1. The monoisotopic (exact) mass is 342 g/mol. The summed E-state index contributed by atoms with van der Waals surface area (Å²) in [5.41, 5.74) is -1.11. The van der Waals surface area contributed by atoms with Crippen LogP contribution in [0, 0.1) is 0 Å². The molecule has 0 saturated carbocycles. The average molecular weight is 342 g/mol. The number of ketones is 1. The molecule has 0 fully saturated rings. The molecule has 0 aliphatic heterocycles. The van der Waals surface area contributed by atoms with Crippen LogP contribution in [0.15, 0.2) is 46.2 Å². The van der Waals surface area contributed by atoms with Crippen molar-refractivity contribution < 1.29 is 14.4 Å². The molecule has 0 unspecified atom stereocenters. The molecule has 9 nitrogen and oxygen atoms in total. The molecule has 0 radical (unpaired) electrons. The molecule has 25 heavy (non-hydrogen) atoms. The lowest BCUT2D eigenvalue weighted by molar-refractivity contribution is -0.141. The third-order valence-electron chi connectivity index (χ3n) is 3.62. The summed E-state index contributed by atoms with van der Waals surface area (Å²) in [6.07, 6.45) is 1.12. The molecule has 0 spiro atoms. The SMILES string of the molecule is CC(=O)On1cnc2c1c(=O)n(CC(=O)c1ccccc1)c(=O)n2C. The van der Waals surface area contributed by atoms with Gasteiger partial charge < -0.3 is 4.84 Å². The largest absolute Gasteiger partial charge is 0.335 e. The normalized spacial score (nSPS) is 10.8. The molecule has 3 aromatic rings. The number of imidazole rings is 1. The summed E-state index contributed by atoms with van der Waals surface area (Å²) in [5.74, 6) is -1.04. The van der Waals surface area contributed by atoms with E-state index in [1.54, 1.807) is 30.3 Å². The molecule has 0 saturated heterocycles. The van der Waals surface area contributed by atoms with Gasteiger partial charge in [0.25, 0.3) is 5.56 Å². The second-order valence-corrected chi connectivity index (χ2v) is 5.35. The van der Waals surface area contributed by atoms with Gasteiger partial charge in [-0.05, 0) is 0 Å². The summed E-state index contributed by atoms with van der Waals surface area (Å²) < 4.78 is 2.80. The van der Waals surface area contributed by atoms with Gasteiger partial charge >= 0.3 is 11.7 Å². The fraction of sp³-hybridized carbons (Fsp3) is 0.188. The van der Waals surface area contributed by atoms with Crippen molar-refractivity contribution >= 4 is 22.9 Å². The Morgan fingerprint density at radius 3 is 2.48 bits per heavy atom. The highest BCUT2D eigenvalue weighted by Gasteiger charge is 2.19. The fourth-order valence-corrected chi connectivity index (χ4v) is 2.45. The summed E-state index contributed by atoms with van der Waals surface area (Å²) in [7, 11) is 1.42. The lowest BCUT2D eigenvalue weighted by Crippen LogP contribution is -2.41. The predicted octanol–water partition coefficient (Wildman–Crippen LogP) is -0.245. The number of nitrogens with zero attached hydrogens (tertiary/aromatic N) is 4. The van der Waals surface area contributed by atoms with Crippen molar-refractivity contribution in [1.29, 1.82) is 0 Å². The first-order valence-electron chi connectivity index (χ1n) is 7.34. The molecule has 0 N–H and O–H groups in total. The molecule has 0 bridgehead atoms. The zero-order chi connectivity index (χ0) is 18.1. The summed E-state index contributed by atoms with van der Waals surface area (Å²) in [6.45, 7) is 0.738.